The van der Waals surface area contributed by atoms with E-state index in [9.17, 15) is 14.9 Å². The summed E-state index contributed by atoms with van der Waals surface area (Å²) >= 11 is 0.970. The zero-order valence-electron chi connectivity index (χ0n) is 15.2. The van der Waals surface area contributed by atoms with Crippen molar-refractivity contribution >= 4 is 34.3 Å². The van der Waals surface area contributed by atoms with E-state index in [1.54, 1.807) is 6.07 Å². The molecule has 0 aliphatic heterocycles. The summed E-state index contributed by atoms with van der Waals surface area (Å²) in [5.74, 6) is -0.814. The predicted molar refractivity (Wildman–Crippen MR) is 109 cm³/mol. The number of aromatic nitrogens is 4. The molecule has 4 rings (SSSR count). The average molecular weight is 409 g/mol. The Balaban J connectivity index is 1.81. The fourth-order valence-corrected chi connectivity index (χ4v) is 3.65. The number of H-pyrrole nitrogens is 1. The van der Waals surface area contributed by atoms with Crippen LogP contribution in [0.2, 0.25) is 0 Å². The minimum Gasteiger partial charge on any atom is -0.481 e. The smallest absolute Gasteiger partial charge is 0.313 e. The molecule has 0 bridgehead atoms. The average Bonchev–Trinajstić information content (AvgIpc) is 3.33. The topological polar surface area (TPSA) is 127 Å². The molecule has 9 nitrogen and oxygen atoms in total. The number of aryl methyl sites for hydroxylation is 1. The van der Waals surface area contributed by atoms with E-state index in [1.165, 1.54) is 12.1 Å². The molecule has 0 unspecified atom stereocenters. The zero-order chi connectivity index (χ0) is 20.5. The van der Waals surface area contributed by atoms with Crippen molar-refractivity contribution in [3.05, 3.63) is 58.8 Å². The van der Waals surface area contributed by atoms with Crippen LogP contribution in [0.5, 0.6) is 0 Å². The van der Waals surface area contributed by atoms with E-state index >= 15 is 0 Å². The van der Waals surface area contributed by atoms with E-state index in [2.05, 4.69) is 15.2 Å². The first-order valence-corrected chi connectivity index (χ1v) is 9.52. The zero-order valence-corrected chi connectivity index (χ0v) is 16.0. The number of carbonyl (C=O) groups is 1. The van der Waals surface area contributed by atoms with Gasteiger partial charge in [0, 0.05) is 41.8 Å². The Labute approximate surface area is 168 Å². The van der Waals surface area contributed by atoms with Crippen LogP contribution in [0.3, 0.4) is 0 Å². The van der Waals surface area contributed by atoms with Gasteiger partial charge in [-0.1, -0.05) is 23.9 Å². The van der Waals surface area contributed by atoms with Crippen LogP contribution in [0, 0.1) is 10.1 Å². The molecule has 0 saturated heterocycles. The number of nitrogens with zero attached hydrogens (tertiary/aromatic N) is 4. The third-order valence-electron chi connectivity index (χ3n) is 4.43. The normalized spacial score (nSPS) is 11.1. The van der Waals surface area contributed by atoms with Crippen molar-refractivity contribution in [2.75, 3.05) is 5.75 Å². The number of nitro benzene ring substituents is 1. The molecule has 0 atom stereocenters. The summed E-state index contributed by atoms with van der Waals surface area (Å²) in [6, 6.07) is 12.5. The fraction of sp³-hybridized carbons (Fsp3) is 0.105. The highest BCUT2D eigenvalue weighted by Crippen LogP contribution is 2.34. The lowest BCUT2D eigenvalue weighted by Crippen LogP contribution is -1.97. The summed E-state index contributed by atoms with van der Waals surface area (Å²) in [4.78, 5) is 26.0. The molecule has 2 N–H and O–H groups in total. The van der Waals surface area contributed by atoms with Gasteiger partial charge in [-0.3, -0.25) is 20.0 Å². The molecule has 2 aromatic carbocycles. The largest absolute Gasteiger partial charge is 0.481 e. The standard InChI is InChI=1S/C19H15N5O4S/c1-23-6-5-15-14(3-2-4-16(15)23)11-7-12(9-13(8-11)24(27)28)18-20-19(22-21-18)29-10-17(25)26/h2-9H,10H2,1H3,(H,25,26)(H,20,21,22). The van der Waals surface area contributed by atoms with E-state index in [0.29, 0.717) is 17.0 Å². The lowest BCUT2D eigenvalue weighted by Gasteiger charge is -2.07. The molecular formula is C19H15N5O4S. The SMILES string of the molecule is Cn1ccc2c(-c3cc(-c4nc(SCC(=O)O)n[nH]4)cc([N+](=O)[O-])c3)cccc21. The highest BCUT2D eigenvalue weighted by atomic mass is 32.2. The number of carboxylic acid groups (broad SMARTS) is 1. The van der Waals surface area contributed by atoms with Gasteiger partial charge in [0.25, 0.3) is 5.69 Å². The molecule has 0 aliphatic carbocycles. The Morgan fingerprint density at radius 3 is 2.83 bits per heavy atom. The first kappa shape index (κ1) is 18.7. The van der Waals surface area contributed by atoms with Gasteiger partial charge in [0.15, 0.2) is 5.82 Å². The van der Waals surface area contributed by atoms with Crippen molar-refractivity contribution in [3.8, 4) is 22.5 Å². The summed E-state index contributed by atoms with van der Waals surface area (Å²) in [5, 5.41) is 28.3. The summed E-state index contributed by atoms with van der Waals surface area (Å²) in [7, 11) is 1.94. The first-order chi connectivity index (χ1) is 13.9. The van der Waals surface area contributed by atoms with E-state index < -0.39 is 10.9 Å². The van der Waals surface area contributed by atoms with Crippen molar-refractivity contribution in [2.24, 2.45) is 7.05 Å². The number of nitrogens with one attached hydrogen (secondary N) is 1. The van der Waals surface area contributed by atoms with Crippen molar-refractivity contribution in [1.29, 1.82) is 0 Å². The summed E-state index contributed by atoms with van der Waals surface area (Å²) in [5.41, 5.74) is 3.00. The molecule has 0 aliphatic rings. The minimum atomic E-state index is -0.977. The van der Waals surface area contributed by atoms with E-state index in [1.807, 2.05) is 42.1 Å². The second kappa shape index (κ2) is 7.40. The van der Waals surface area contributed by atoms with Crippen LogP contribution in [0.15, 0.2) is 53.8 Å². The van der Waals surface area contributed by atoms with Crippen molar-refractivity contribution in [2.45, 2.75) is 5.16 Å². The Hall–Kier alpha value is -3.66. The quantitative estimate of drug-likeness (QED) is 0.282. The first-order valence-electron chi connectivity index (χ1n) is 8.53. The molecule has 4 aromatic rings. The van der Waals surface area contributed by atoms with Crippen molar-refractivity contribution in [1.82, 2.24) is 19.7 Å². The fourth-order valence-electron chi connectivity index (χ4n) is 3.13. The summed E-state index contributed by atoms with van der Waals surface area (Å²) < 4.78 is 1.99. The van der Waals surface area contributed by atoms with Gasteiger partial charge >= 0.3 is 5.97 Å². The molecular weight excluding hydrogens is 394 g/mol. The van der Waals surface area contributed by atoms with Crippen LogP contribution >= 0.6 is 11.8 Å². The number of carboxylic acids is 1. The minimum absolute atomic E-state index is 0.0680. The van der Waals surface area contributed by atoms with Gasteiger partial charge in [-0.25, -0.2) is 4.98 Å². The number of thioether (sulfide) groups is 1. The third kappa shape index (κ3) is 3.69. The number of fused-ring (bicyclic) bond motifs is 1. The Morgan fingerprint density at radius 2 is 2.07 bits per heavy atom. The number of hydrogen-bond donors (Lipinski definition) is 2. The van der Waals surface area contributed by atoms with Gasteiger partial charge in [-0.15, -0.1) is 5.10 Å². The molecule has 10 heteroatoms. The number of aliphatic carboxylic acids is 1. The molecule has 0 spiro atoms. The second-order valence-corrected chi connectivity index (χ2v) is 7.28. The maximum Gasteiger partial charge on any atom is 0.313 e. The van der Waals surface area contributed by atoms with Gasteiger partial charge in [0.1, 0.15) is 0 Å². The van der Waals surface area contributed by atoms with E-state index in [-0.39, 0.29) is 16.6 Å². The molecule has 146 valence electrons. The summed E-state index contributed by atoms with van der Waals surface area (Å²) in [6.07, 6.45) is 1.94. The molecule has 2 aromatic heterocycles. The van der Waals surface area contributed by atoms with Crippen molar-refractivity contribution < 1.29 is 14.8 Å². The molecule has 0 fully saturated rings. The number of nitro groups is 1. The second-order valence-electron chi connectivity index (χ2n) is 6.34. The van der Waals surface area contributed by atoms with Crippen LogP contribution in [0.1, 0.15) is 0 Å². The van der Waals surface area contributed by atoms with Gasteiger partial charge in [0.2, 0.25) is 5.16 Å². The lowest BCUT2D eigenvalue weighted by atomic mass is 9.99. The Morgan fingerprint density at radius 1 is 1.28 bits per heavy atom. The third-order valence-corrected chi connectivity index (χ3v) is 5.26. The van der Waals surface area contributed by atoms with E-state index in [0.717, 1.165) is 28.2 Å². The van der Waals surface area contributed by atoms with Crippen LogP contribution in [0.25, 0.3) is 33.4 Å². The van der Waals surface area contributed by atoms with Crippen LogP contribution in [-0.4, -0.2) is 41.5 Å². The molecule has 0 radical (unpaired) electrons. The predicted octanol–water partition coefficient (Wildman–Crippen LogP) is 3.72. The monoisotopic (exact) mass is 409 g/mol. The molecule has 0 saturated carbocycles. The van der Waals surface area contributed by atoms with Gasteiger partial charge in [-0.2, -0.15) is 0 Å². The van der Waals surface area contributed by atoms with Crippen molar-refractivity contribution in [3.63, 3.8) is 0 Å². The van der Waals surface area contributed by atoms with Gasteiger partial charge in [-0.05, 0) is 29.3 Å². The van der Waals surface area contributed by atoms with Gasteiger partial charge < -0.3 is 9.67 Å². The Bertz CT molecular complexity index is 1250. The highest BCUT2D eigenvalue weighted by Gasteiger charge is 2.17. The summed E-state index contributed by atoms with van der Waals surface area (Å²) in [6.45, 7) is 0. The number of rotatable bonds is 6. The molecule has 29 heavy (non-hydrogen) atoms. The molecule has 2 heterocycles. The van der Waals surface area contributed by atoms with E-state index in [4.69, 9.17) is 5.11 Å². The number of aromatic amines is 1. The number of benzene rings is 2. The number of non-ortho nitro benzene ring substituents is 1. The van der Waals surface area contributed by atoms with Crippen LogP contribution in [0.4, 0.5) is 5.69 Å². The number of hydrogen-bond acceptors (Lipinski definition) is 6. The molecule has 0 amide bonds. The van der Waals surface area contributed by atoms with Crippen LogP contribution < -0.4 is 0 Å². The van der Waals surface area contributed by atoms with Crippen LogP contribution in [-0.2, 0) is 11.8 Å². The Kier molecular flexibility index (Phi) is 4.77. The van der Waals surface area contributed by atoms with Gasteiger partial charge in [0.05, 0.1) is 10.7 Å². The maximum atomic E-state index is 11.5. The highest BCUT2D eigenvalue weighted by molar-refractivity contribution is 7.99. The maximum absolute atomic E-state index is 11.5. The lowest BCUT2D eigenvalue weighted by molar-refractivity contribution is -0.384.